The van der Waals surface area contributed by atoms with E-state index in [1.165, 1.54) is 43.2 Å². The van der Waals surface area contributed by atoms with Crippen LogP contribution in [0.5, 0.6) is 5.75 Å². The standard InChI is InChI=1S/C31H35ClN4O7S/c1-21-12-17-27(18-29(21)36(39)40)44(41,42)35(25-13-15-26(43-3)16-14-25)20-30(37)34(19-23-8-4-7-11-28(23)32)22(2)31(38)33-24-9-5-6-10-24/h4,7-8,11-18,22,24H,5-6,9-10,19-20H2,1-3H3,(H,33,38). The van der Waals surface area contributed by atoms with E-state index in [-0.39, 0.29) is 40.3 Å². The maximum atomic E-state index is 14.1. The number of anilines is 1. The molecule has 0 heterocycles. The quantitative estimate of drug-likeness (QED) is 0.211. The Balaban J connectivity index is 1.74. The Morgan fingerprint density at radius 2 is 1.75 bits per heavy atom. The summed E-state index contributed by atoms with van der Waals surface area (Å²) in [6.45, 7) is 2.35. The predicted octanol–water partition coefficient (Wildman–Crippen LogP) is 5.24. The zero-order valence-corrected chi connectivity index (χ0v) is 26.3. The summed E-state index contributed by atoms with van der Waals surface area (Å²) in [7, 11) is -3.05. The van der Waals surface area contributed by atoms with Crippen LogP contribution in [0.3, 0.4) is 0 Å². The number of benzene rings is 3. The van der Waals surface area contributed by atoms with Crippen LogP contribution in [0.2, 0.25) is 5.02 Å². The van der Waals surface area contributed by atoms with Crippen LogP contribution in [0.15, 0.2) is 71.6 Å². The normalized spacial score (nSPS) is 14.1. The van der Waals surface area contributed by atoms with Crippen molar-refractivity contribution in [2.45, 2.75) is 63.1 Å². The molecular weight excluding hydrogens is 608 g/mol. The Kier molecular flexibility index (Phi) is 10.5. The molecule has 3 aromatic carbocycles. The number of nitro benzene ring substituents is 1. The lowest BCUT2D eigenvalue weighted by molar-refractivity contribution is -0.385. The number of rotatable bonds is 12. The van der Waals surface area contributed by atoms with Crippen molar-refractivity contribution < 1.29 is 27.7 Å². The third-order valence-electron chi connectivity index (χ3n) is 7.77. The largest absolute Gasteiger partial charge is 0.497 e. The Bertz CT molecular complexity index is 1630. The highest BCUT2D eigenvalue weighted by Crippen LogP contribution is 2.30. The van der Waals surface area contributed by atoms with Crippen molar-refractivity contribution >= 4 is 44.8 Å². The van der Waals surface area contributed by atoms with Gasteiger partial charge in [-0.3, -0.25) is 24.0 Å². The molecule has 1 unspecified atom stereocenters. The summed E-state index contributed by atoms with van der Waals surface area (Å²) in [4.78, 5) is 39.4. The summed E-state index contributed by atoms with van der Waals surface area (Å²) in [5.41, 5.74) is 0.623. The Morgan fingerprint density at radius 1 is 1.09 bits per heavy atom. The zero-order chi connectivity index (χ0) is 32.0. The van der Waals surface area contributed by atoms with E-state index in [4.69, 9.17) is 16.3 Å². The van der Waals surface area contributed by atoms with Crippen LogP contribution in [0.4, 0.5) is 11.4 Å². The van der Waals surface area contributed by atoms with Gasteiger partial charge in [-0.25, -0.2) is 8.42 Å². The van der Waals surface area contributed by atoms with Gasteiger partial charge in [-0.05, 0) is 68.7 Å². The third-order valence-corrected chi connectivity index (χ3v) is 9.91. The van der Waals surface area contributed by atoms with Gasteiger partial charge in [0.05, 0.1) is 22.6 Å². The molecule has 3 aromatic rings. The summed E-state index contributed by atoms with van der Waals surface area (Å²) in [6.07, 6.45) is 3.72. The van der Waals surface area contributed by atoms with Gasteiger partial charge < -0.3 is 15.0 Å². The molecule has 0 aliphatic heterocycles. The van der Waals surface area contributed by atoms with Crippen molar-refractivity contribution in [2.24, 2.45) is 0 Å². The molecule has 1 N–H and O–H groups in total. The molecule has 4 rings (SSSR count). The minimum absolute atomic E-state index is 0.00992. The van der Waals surface area contributed by atoms with E-state index < -0.39 is 33.4 Å². The minimum atomic E-state index is -4.51. The second-order valence-corrected chi connectivity index (χ2v) is 13.0. The van der Waals surface area contributed by atoms with E-state index >= 15 is 0 Å². The van der Waals surface area contributed by atoms with Gasteiger partial charge >= 0.3 is 0 Å². The third kappa shape index (κ3) is 7.48. The molecule has 1 atom stereocenters. The van der Waals surface area contributed by atoms with Gasteiger partial charge in [0, 0.05) is 29.2 Å². The molecule has 0 bridgehead atoms. The molecule has 1 aliphatic rings. The first kappa shape index (κ1) is 32.7. The summed E-state index contributed by atoms with van der Waals surface area (Å²) in [6, 6.07) is 15.6. The summed E-state index contributed by atoms with van der Waals surface area (Å²) >= 11 is 6.42. The molecule has 2 amide bonds. The SMILES string of the molecule is COc1ccc(N(CC(=O)N(Cc2ccccc2Cl)C(C)C(=O)NC2CCCC2)S(=O)(=O)c2ccc(C)c([N+](=O)[O-])c2)cc1. The summed E-state index contributed by atoms with van der Waals surface area (Å²) in [5.74, 6) is -0.564. The fourth-order valence-corrected chi connectivity index (χ4v) is 6.77. The van der Waals surface area contributed by atoms with Crippen LogP contribution in [0.25, 0.3) is 0 Å². The molecular formula is C31H35ClN4O7S. The number of amides is 2. The molecule has 0 radical (unpaired) electrons. The predicted molar refractivity (Wildman–Crippen MR) is 167 cm³/mol. The number of halogens is 1. The number of hydrogen-bond donors (Lipinski definition) is 1. The Labute approximate surface area is 262 Å². The highest BCUT2D eigenvalue weighted by atomic mass is 35.5. The molecule has 1 fully saturated rings. The lowest BCUT2D eigenvalue weighted by Crippen LogP contribution is -2.52. The van der Waals surface area contributed by atoms with Crippen LogP contribution in [0, 0.1) is 17.0 Å². The number of ether oxygens (including phenoxy) is 1. The van der Waals surface area contributed by atoms with Crippen LogP contribution in [-0.4, -0.2) is 55.8 Å². The number of carbonyl (C=O) groups excluding carboxylic acids is 2. The molecule has 234 valence electrons. The first-order valence-corrected chi connectivity index (χ1v) is 16.0. The lowest BCUT2D eigenvalue weighted by Gasteiger charge is -2.32. The maximum absolute atomic E-state index is 14.1. The van der Waals surface area contributed by atoms with Crippen LogP contribution >= 0.6 is 11.6 Å². The van der Waals surface area contributed by atoms with E-state index in [9.17, 15) is 28.1 Å². The highest BCUT2D eigenvalue weighted by molar-refractivity contribution is 7.92. The van der Waals surface area contributed by atoms with E-state index in [1.807, 2.05) is 0 Å². The van der Waals surface area contributed by atoms with Crippen molar-refractivity contribution in [2.75, 3.05) is 18.0 Å². The van der Waals surface area contributed by atoms with Crippen LogP contribution < -0.4 is 14.4 Å². The lowest BCUT2D eigenvalue weighted by atomic mass is 10.1. The van der Waals surface area contributed by atoms with Gasteiger partial charge in [-0.2, -0.15) is 0 Å². The fraction of sp³-hybridized carbons (Fsp3) is 0.355. The second kappa shape index (κ2) is 14.1. The van der Waals surface area contributed by atoms with Crippen molar-refractivity contribution in [3.05, 3.63) is 93.0 Å². The first-order valence-electron chi connectivity index (χ1n) is 14.2. The van der Waals surface area contributed by atoms with Gasteiger partial charge in [0.15, 0.2) is 0 Å². The average Bonchev–Trinajstić information content (AvgIpc) is 3.52. The number of aryl methyl sites for hydroxylation is 1. The van der Waals surface area contributed by atoms with E-state index in [0.29, 0.717) is 16.3 Å². The van der Waals surface area contributed by atoms with Gasteiger partial charge in [0.2, 0.25) is 11.8 Å². The number of nitrogens with one attached hydrogen (secondary N) is 1. The number of carbonyl (C=O) groups is 2. The van der Waals surface area contributed by atoms with Gasteiger partial charge in [0.1, 0.15) is 18.3 Å². The number of sulfonamides is 1. The minimum Gasteiger partial charge on any atom is -0.497 e. The number of nitro groups is 1. The van der Waals surface area contributed by atoms with Gasteiger partial charge in [-0.15, -0.1) is 0 Å². The van der Waals surface area contributed by atoms with Crippen molar-refractivity contribution in [1.29, 1.82) is 0 Å². The maximum Gasteiger partial charge on any atom is 0.273 e. The first-order chi connectivity index (χ1) is 20.9. The smallest absolute Gasteiger partial charge is 0.273 e. The van der Waals surface area contributed by atoms with Crippen LogP contribution in [-0.2, 0) is 26.2 Å². The molecule has 44 heavy (non-hydrogen) atoms. The van der Waals surface area contributed by atoms with E-state index in [1.54, 1.807) is 43.3 Å². The monoisotopic (exact) mass is 642 g/mol. The van der Waals surface area contributed by atoms with Crippen molar-refractivity contribution in [3.63, 3.8) is 0 Å². The van der Waals surface area contributed by atoms with E-state index in [2.05, 4.69) is 5.32 Å². The van der Waals surface area contributed by atoms with Gasteiger partial charge in [0.25, 0.3) is 15.7 Å². The summed E-state index contributed by atoms with van der Waals surface area (Å²) < 4.78 is 34.2. The molecule has 0 saturated heterocycles. The van der Waals surface area contributed by atoms with Crippen molar-refractivity contribution in [3.8, 4) is 5.75 Å². The topological polar surface area (TPSA) is 139 Å². The number of methoxy groups -OCH3 is 1. The number of nitrogens with zero attached hydrogens (tertiary/aromatic N) is 3. The van der Waals surface area contributed by atoms with Gasteiger partial charge in [-0.1, -0.05) is 48.7 Å². The van der Waals surface area contributed by atoms with E-state index in [0.717, 1.165) is 36.1 Å². The Morgan fingerprint density at radius 3 is 2.36 bits per heavy atom. The second-order valence-electron chi connectivity index (χ2n) is 10.7. The number of hydrogen-bond acceptors (Lipinski definition) is 7. The fourth-order valence-electron chi connectivity index (χ4n) is 5.14. The highest BCUT2D eigenvalue weighted by Gasteiger charge is 2.34. The van der Waals surface area contributed by atoms with Crippen molar-refractivity contribution in [1.82, 2.24) is 10.2 Å². The molecule has 1 aliphatic carbocycles. The molecule has 11 nitrogen and oxygen atoms in total. The molecule has 0 spiro atoms. The average molecular weight is 643 g/mol. The van der Waals surface area contributed by atoms with Crippen LogP contribution in [0.1, 0.15) is 43.7 Å². The summed E-state index contributed by atoms with van der Waals surface area (Å²) in [5, 5.41) is 15.0. The molecule has 0 aromatic heterocycles. The Hall–Kier alpha value is -4.16. The zero-order valence-electron chi connectivity index (χ0n) is 24.7. The molecule has 1 saturated carbocycles. The molecule has 13 heteroatoms.